The van der Waals surface area contributed by atoms with Gasteiger partial charge in [-0.15, -0.1) is 0 Å². The van der Waals surface area contributed by atoms with E-state index in [1.807, 2.05) is 18.2 Å². The van der Waals surface area contributed by atoms with Gasteiger partial charge < -0.3 is 15.0 Å². The predicted octanol–water partition coefficient (Wildman–Crippen LogP) is 2.00. The SMILES string of the molecule is COc1ccc(CNCC2CCN(C)CC2)cc1C#N. The summed E-state index contributed by atoms with van der Waals surface area (Å²) in [6, 6.07) is 7.96. The fourth-order valence-corrected chi connectivity index (χ4v) is 2.64. The second kappa shape index (κ2) is 7.28. The maximum atomic E-state index is 9.07. The molecule has 1 aromatic carbocycles. The normalized spacial score (nSPS) is 16.9. The molecule has 1 saturated heterocycles. The van der Waals surface area contributed by atoms with Crippen molar-refractivity contribution < 1.29 is 4.74 Å². The number of piperidine rings is 1. The zero-order valence-electron chi connectivity index (χ0n) is 12.4. The molecule has 0 unspecified atom stereocenters. The zero-order chi connectivity index (χ0) is 14.4. The monoisotopic (exact) mass is 273 g/mol. The maximum Gasteiger partial charge on any atom is 0.136 e. The van der Waals surface area contributed by atoms with Crippen LogP contribution in [0.5, 0.6) is 5.75 Å². The van der Waals surface area contributed by atoms with E-state index in [1.165, 1.54) is 25.9 Å². The van der Waals surface area contributed by atoms with Crippen molar-refractivity contribution in [3.63, 3.8) is 0 Å². The van der Waals surface area contributed by atoms with Crippen LogP contribution in [0, 0.1) is 17.2 Å². The number of nitrogens with zero attached hydrogens (tertiary/aromatic N) is 2. The molecule has 4 heteroatoms. The summed E-state index contributed by atoms with van der Waals surface area (Å²) in [5.74, 6) is 1.42. The van der Waals surface area contributed by atoms with Gasteiger partial charge in [0.1, 0.15) is 11.8 Å². The number of hydrogen-bond donors (Lipinski definition) is 1. The Labute approximate surface area is 121 Å². The third-order valence-electron chi connectivity index (χ3n) is 3.98. The first-order valence-corrected chi connectivity index (χ1v) is 7.19. The highest BCUT2D eigenvalue weighted by molar-refractivity contribution is 5.45. The summed E-state index contributed by atoms with van der Waals surface area (Å²) in [5, 5.41) is 12.6. The van der Waals surface area contributed by atoms with E-state index in [-0.39, 0.29) is 0 Å². The first-order chi connectivity index (χ1) is 9.72. The van der Waals surface area contributed by atoms with Crippen LogP contribution >= 0.6 is 0 Å². The summed E-state index contributed by atoms with van der Waals surface area (Å²) in [5.41, 5.74) is 1.74. The second-order valence-corrected chi connectivity index (χ2v) is 5.52. The van der Waals surface area contributed by atoms with Crippen LogP contribution in [0.4, 0.5) is 0 Å². The largest absolute Gasteiger partial charge is 0.495 e. The molecule has 4 nitrogen and oxygen atoms in total. The van der Waals surface area contributed by atoms with Crippen molar-refractivity contribution in [2.75, 3.05) is 33.8 Å². The summed E-state index contributed by atoms with van der Waals surface area (Å²) >= 11 is 0. The molecule has 0 atom stereocenters. The minimum Gasteiger partial charge on any atom is -0.495 e. The summed E-state index contributed by atoms with van der Waals surface area (Å²) < 4.78 is 5.15. The number of benzene rings is 1. The lowest BCUT2D eigenvalue weighted by atomic mass is 9.97. The smallest absolute Gasteiger partial charge is 0.136 e. The molecule has 108 valence electrons. The third kappa shape index (κ3) is 3.96. The zero-order valence-corrected chi connectivity index (χ0v) is 12.4. The molecular formula is C16H23N3O. The molecule has 0 aromatic heterocycles. The van der Waals surface area contributed by atoms with Gasteiger partial charge in [-0.1, -0.05) is 6.07 Å². The Morgan fingerprint density at radius 3 is 2.80 bits per heavy atom. The van der Waals surface area contributed by atoms with Crippen molar-refractivity contribution >= 4 is 0 Å². The number of likely N-dealkylation sites (tertiary alicyclic amines) is 1. The summed E-state index contributed by atoms with van der Waals surface area (Å²) in [7, 11) is 3.78. The number of nitriles is 1. The molecule has 1 fully saturated rings. The van der Waals surface area contributed by atoms with Crippen molar-refractivity contribution in [1.82, 2.24) is 10.2 Å². The van der Waals surface area contributed by atoms with Crippen LogP contribution in [0.25, 0.3) is 0 Å². The lowest BCUT2D eigenvalue weighted by Crippen LogP contribution is -2.34. The van der Waals surface area contributed by atoms with Crippen LogP contribution in [0.2, 0.25) is 0 Å². The Bertz CT molecular complexity index is 473. The predicted molar refractivity (Wildman–Crippen MR) is 79.6 cm³/mol. The van der Waals surface area contributed by atoms with Crippen molar-refractivity contribution in [3.8, 4) is 11.8 Å². The Morgan fingerprint density at radius 1 is 1.40 bits per heavy atom. The van der Waals surface area contributed by atoms with Gasteiger partial charge in [0.05, 0.1) is 12.7 Å². The number of hydrogen-bond acceptors (Lipinski definition) is 4. The molecule has 1 aliphatic rings. The van der Waals surface area contributed by atoms with Gasteiger partial charge >= 0.3 is 0 Å². The first-order valence-electron chi connectivity index (χ1n) is 7.19. The minimum atomic E-state index is 0.603. The summed E-state index contributed by atoms with van der Waals surface area (Å²) in [6.45, 7) is 4.27. The van der Waals surface area contributed by atoms with Crippen molar-refractivity contribution in [3.05, 3.63) is 29.3 Å². The molecule has 1 aromatic rings. The van der Waals surface area contributed by atoms with Gasteiger partial charge in [-0.25, -0.2) is 0 Å². The molecule has 20 heavy (non-hydrogen) atoms. The number of methoxy groups -OCH3 is 1. The van der Waals surface area contributed by atoms with Crippen LogP contribution in [-0.2, 0) is 6.54 Å². The molecular weight excluding hydrogens is 250 g/mol. The topological polar surface area (TPSA) is 48.3 Å². The van der Waals surface area contributed by atoms with Crippen molar-refractivity contribution in [2.45, 2.75) is 19.4 Å². The lowest BCUT2D eigenvalue weighted by Gasteiger charge is -2.29. The van der Waals surface area contributed by atoms with Gasteiger partial charge in [0, 0.05) is 6.54 Å². The fraction of sp³-hybridized carbons (Fsp3) is 0.562. The number of nitrogens with one attached hydrogen (secondary N) is 1. The van der Waals surface area contributed by atoms with Gasteiger partial charge in [0.25, 0.3) is 0 Å². The van der Waals surface area contributed by atoms with E-state index in [9.17, 15) is 0 Å². The van der Waals surface area contributed by atoms with Crippen molar-refractivity contribution in [2.24, 2.45) is 5.92 Å². The average Bonchev–Trinajstić information content (AvgIpc) is 2.49. The molecule has 0 spiro atoms. The highest BCUT2D eigenvalue weighted by Gasteiger charge is 2.15. The molecule has 0 saturated carbocycles. The first kappa shape index (κ1) is 14.8. The minimum absolute atomic E-state index is 0.603. The highest BCUT2D eigenvalue weighted by Crippen LogP contribution is 2.19. The molecule has 1 heterocycles. The van der Waals surface area contributed by atoms with Gasteiger partial charge in [-0.3, -0.25) is 0 Å². The van der Waals surface area contributed by atoms with Gasteiger partial charge in [-0.2, -0.15) is 5.26 Å². The van der Waals surface area contributed by atoms with Gasteiger partial charge in [0.2, 0.25) is 0 Å². The maximum absolute atomic E-state index is 9.07. The van der Waals surface area contributed by atoms with Crippen LogP contribution < -0.4 is 10.1 Å². The summed E-state index contributed by atoms with van der Waals surface area (Å²) in [6.07, 6.45) is 2.55. The highest BCUT2D eigenvalue weighted by atomic mass is 16.5. The van der Waals surface area contributed by atoms with Crippen LogP contribution in [0.1, 0.15) is 24.0 Å². The van der Waals surface area contributed by atoms with E-state index in [1.54, 1.807) is 7.11 Å². The van der Waals surface area contributed by atoms with Crippen molar-refractivity contribution in [1.29, 1.82) is 5.26 Å². The van der Waals surface area contributed by atoms with Crippen LogP contribution in [0.3, 0.4) is 0 Å². The molecule has 0 aliphatic carbocycles. The van der Waals surface area contributed by atoms with E-state index in [0.29, 0.717) is 11.3 Å². The number of rotatable bonds is 5. The molecule has 1 N–H and O–H groups in total. The number of ether oxygens (including phenoxy) is 1. The summed E-state index contributed by atoms with van der Waals surface area (Å²) in [4.78, 5) is 2.39. The van der Waals surface area contributed by atoms with E-state index in [0.717, 1.165) is 24.6 Å². The standard InChI is InChI=1S/C16H23N3O/c1-19-7-5-13(6-8-19)11-18-12-14-3-4-16(20-2)15(9-14)10-17/h3-4,9,13,18H,5-8,11-12H2,1-2H3. The quantitative estimate of drug-likeness (QED) is 0.891. The Kier molecular flexibility index (Phi) is 5.40. The third-order valence-corrected chi connectivity index (χ3v) is 3.98. The molecule has 0 amide bonds. The second-order valence-electron chi connectivity index (χ2n) is 5.52. The van der Waals surface area contributed by atoms with Crippen LogP contribution in [0.15, 0.2) is 18.2 Å². The van der Waals surface area contributed by atoms with Crippen LogP contribution in [-0.4, -0.2) is 38.7 Å². The van der Waals surface area contributed by atoms with Gasteiger partial charge in [-0.05, 0) is 63.1 Å². The Balaban J connectivity index is 1.81. The van der Waals surface area contributed by atoms with E-state index >= 15 is 0 Å². The molecule has 2 rings (SSSR count). The lowest BCUT2D eigenvalue weighted by molar-refractivity contribution is 0.216. The Hall–Kier alpha value is -1.57. The molecule has 1 aliphatic heterocycles. The van der Waals surface area contributed by atoms with E-state index in [4.69, 9.17) is 10.00 Å². The molecule has 0 bridgehead atoms. The molecule has 0 radical (unpaired) electrons. The fourth-order valence-electron chi connectivity index (χ4n) is 2.64. The Morgan fingerprint density at radius 2 is 2.15 bits per heavy atom. The van der Waals surface area contributed by atoms with E-state index in [2.05, 4.69) is 23.3 Å². The van der Waals surface area contributed by atoms with E-state index < -0.39 is 0 Å². The average molecular weight is 273 g/mol. The van der Waals surface area contributed by atoms with Gasteiger partial charge in [0.15, 0.2) is 0 Å².